The predicted octanol–water partition coefficient (Wildman–Crippen LogP) is 0.218. The Kier molecular flexibility index (Phi) is 6.74. The minimum Gasteiger partial charge on any atom is -0.387 e. The topological polar surface area (TPSA) is 104 Å². The molecule has 0 saturated heterocycles. The molecule has 0 aliphatic heterocycles. The van der Waals surface area contributed by atoms with Crippen molar-refractivity contribution in [1.29, 1.82) is 0 Å². The smallest absolute Gasteiger partial charge is 0.239 e. The summed E-state index contributed by atoms with van der Waals surface area (Å²) in [4.78, 5) is 22.3. The zero-order valence-electron chi connectivity index (χ0n) is 10.5. The van der Waals surface area contributed by atoms with Crippen LogP contribution in [0, 0.1) is 0 Å². The number of nitrogens with one attached hydrogen (secondary N) is 2. The van der Waals surface area contributed by atoms with Gasteiger partial charge in [0.25, 0.3) is 0 Å². The van der Waals surface area contributed by atoms with Crippen LogP contribution in [-0.4, -0.2) is 36.6 Å². The van der Waals surface area contributed by atoms with E-state index in [0.717, 1.165) is 0 Å². The summed E-state index contributed by atoms with van der Waals surface area (Å²) in [6, 6.07) is 4.65. The molecule has 1 aromatic rings. The predicted molar refractivity (Wildman–Crippen MR) is 76.5 cm³/mol. The van der Waals surface area contributed by atoms with Crippen LogP contribution in [-0.2, 0) is 9.59 Å². The maximum atomic E-state index is 11.4. The Labute approximate surface area is 126 Å². The van der Waals surface area contributed by atoms with E-state index in [1.54, 1.807) is 18.2 Å². The molecule has 6 nitrogen and oxygen atoms in total. The van der Waals surface area contributed by atoms with Crippen molar-refractivity contribution in [2.45, 2.75) is 6.10 Å². The number of nitrogens with two attached hydrogens (primary N) is 1. The normalized spacial score (nSPS) is 11.8. The fourth-order valence-corrected chi connectivity index (χ4v) is 1.95. The summed E-state index contributed by atoms with van der Waals surface area (Å²) in [7, 11) is 0. The molecule has 2 amide bonds. The maximum absolute atomic E-state index is 11.4. The van der Waals surface area contributed by atoms with Crippen molar-refractivity contribution in [1.82, 2.24) is 10.6 Å². The fraction of sp³-hybridized carbons (Fsp3) is 0.333. The van der Waals surface area contributed by atoms with Gasteiger partial charge in [-0.15, -0.1) is 0 Å². The van der Waals surface area contributed by atoms with E-state index < -0.39 is 17.9 Å². The molecule has 0 heterocycles. The summed E-state index contributed by atoms with van der Waals surface area (Å²) in [5, 5.41) is 15.5. The third-order valence-corrected chi connectivity index (χ3v) is 2.83. The van der Waals surface area contributed by atoms with Crippen LogP contribution in [0.2, 0.25) is 10.0 Å². The first-order chi connectivity index (χ1) is 9.42. The minimum absolute atomic E-state index is 0.0198. The van der Waals surface area contributed by atoms with Crippen molar-refractivity contribution in [2.75, 3.05) is 19.6 Å². The van der Waals surface area contributed by atoms with Gasteiger partial charge in [-0.2, -0.15) is 0 Å². The lowest BCUT2D eigenvalue weighted by atomic mass is 10.1. The van der Waals surface area contributed by atoms with E-state index in [1.165, 1.54) is 0 Å². The summed E-state index contributed by atoms with van der Waals surface area (Å²) < 4.78 is 0. The van der Waals surface area contributed by atoms with Gasteiger partial charge < -0.3 is 21.5 Å². The number of aliphatic hydroxyl groups is 1. The number of halogens is 2. The zero-order valence-corrected chi connectivity index (χ0v) is 12.0. The van der Waals surface area contributed by atoms with Gasteiger partial charge in [-0.05, 0) is 23.8 Å². The van der Waals surface area contributed by atoms with Gasteiger partial charge in [0.15, 0.2) is 0 Å². The Balaban J connectivity index is 2.44. The third-order valence-electron chi connectivity index (χ3n) is 2.39. The van der Waals surface area contributed by atoms with Crippen molar-refractivity contribution in [2.24, 2.45) is 5.73 Å². The van der Waals surface area contributed by atoms with Gasteiger partial charge in [-0.3, -0.25) is 9.59 Å². The number of benzene rings is 1. The van der Waals surface area contributed by atoms with Crippen LogP contribution in [0.4, 0.5) is 0 Å². The zero-order chi connectivity index (χ0) is 15.1. The molecular weight excluding hydrogens is 305 g/mol. The average molecular weight is 320 g/mol. The van der Waals surface area contributed by atoms with Crippen LogP contribution >= 0.6 is 23.2 Å². The van der Waals surface area contributed by atoms with E-state index >= 15 is 0 Å². The van der Waals surface area contributed by atoms with Crippen LogP contribution in [0.15, 0.2) is 18.2 Å². The molecule has 0 radical (unpaired) electrons. The van der Waals surface area contributed by atoms with E-state index in [0.29, 0.717) is 15.6 Å². The van der Waals surface area contributed by atoms with Gasteiger partial charge in [-0.25, -0.2) is 0 Å². The van der Waals surface area contributed by atoms with Gasteiger partial charge in [0.2, 0.25) is 11.8 Å². The number of carbonyl (C=O) groups excluding carboxylic acids is 2. The van der Waals surface area contributed by atoms with Crippen LogP contribution in [0.25, 0.3) is 0 Å². The highest BCUT2D eigenvalue weighted by Crippen LogP contribution is 2.23. The monoisotopic (exact) mass is 319 g/mol. The van der Waals surface area contributed by atoms with Crippen LogP contribution in [0.5, 0.6) is 0 Å². The molecule has 0 bridgehead atoms. The molecule has 0 aliphatic rings. The van der Waals surface area contributed by atoms with E-state index in [1.807, 2.05) is 0 Å². The molecule has 1 atom stereocenters. The number of hydrogen-bond donors (Lipinski definition) is 4. The lowest BCUT2D eigenvalue weighted by Gasteiger charge is -2.13. The molecule has 0 aromatic heterocycles. The number of aliphatic hydroxyl groups excluding tert-OH is 1. The molecule has 0 spiro atoms. The molecule has 1 unspecified atom stereocenters. The van der Waals surface area contributed by atoms with Gasteiger partial charge >= 0.3 is 0 Å². The summed E-state index contributed by atoms with van der Waals surface area (Å²) in [5.74, 6) is -0.860. The minimum atomic E-state index is -0.944. The Morgan fingerprint density at radius 1 is 1.15 bits per heavy atom. The van der Waals surface area contributed by atoms with Gasteiger partial charge in [-0.1, -0.05) is 23.2 Å². The van der Waals surface area contributed by atoms with Crippen molar-refractivity contribution < 1.29 is 14.7 Å². The molecule has 8 heteroatoms. The lowest BCUT2D eigenvalue weighted by Crippen LogP contribution is -2.40. The number of rotatable bonds is 6. The summed E-state index contributed by atoms with van der Waals surface area (Å²) in [5.41, 5.74) is 5.57. The molecule has 5 N–H and O–H groups in total. The van der Waals surface area contributed by atoms with Gasteiger partial charge in [0, 0.05) is 16.6 Å². The van der Waals surface area contributed by atoms with Gasteiger partial charge in [0.1, 0.15) is 0 Å². The highest BCUT2D eigenvalue weighted by atomic mass is 35.5. The second kappa shape index (κ2) is 8.06. The highest BCUT2D eigenvalue weighted by Gasteiger charge is 2.11. The Morgan fingerprint density at radius 2 is 1.75 bits per heavy atom. The third kappa shape index (κ3) is 5.75. The molecule has 0 fully saturated rings. The molecule has 1 rings (SSSR count). The summed E-state index contributed by atoms with van der Waals surface area (Å²) in [6.45, 7) is -0.399. The molecule has 1 aromatic carbocycles. The number of amides is 2. The molecular formula is C12H15Cl2N3O3. The standard InChI is InChI=1S/C12H15Cl2N3O3/c13-8-1-7(2-9(14)3-8)10(18)5-16-12(20)6-17-11(19)4-15/h1-3,10,18H,4-6,15H2,(H,16,20)(H,17,19). The first-order valence-corrected chi connectivity index (χ1v) is 6.55. The highest BCUT2D eigenvalue weighted by molar-refractivity contribution is 6.34. The van der Waals surface area contributed by atoms with Crippen LogP contribution in [0.3, 0.4) is 0 Å². The van der Waals surface area contributed by atoms with Crippen molar-refractivity contribution in [3.05, 3.63) is 33.8 Å². The Bertz CT molecular complexity index is 477. The van der Waals surface area contributed by atoms with Crippen molar-refractivity contribution in [3.8, 4) is 0 Å². The lowest BCUT2D eigenvalue weighted by molar-refractivity contribution is -0.125. The van der Waals surface area contributed by atoms with Crippen LogP contribution < -0.4 is 16.4 Å². The first kappa shape index (κ1) is 16.7. The molecule has 0 saturated carbocycles. The molecule has 20 heavy (non-hydrogen) atoms. The Morgan fingerprint density at radius 3 is 2.30 bits per heavy atom. The molecule has 110 valence electrons. The Hall–Kier alpha value is -1.34. The van der Waals surface area contributed by atoms with E-state index in [-0.39, 0.29) is 19.6 Å². The number of carbonyl (C=O) groups is 2. The number of hydrogen-bond acceptors (Lipinski definition) is 4. The molecule has 0 aliphatic carbocycles. The second-order valence-electron chi connectivity index (χ2n) is 4.00. The van der Waals surface area contributed by atoms with Gasteiger partial charge in [0.05, 0.1) is 19.2 Å². The first-order valence-electron chi connectivity index (χ1n) is 5.80. The maximum Gasteiger partial charge on any atom is 0.239 e. The SMILES string of the molecule is NCC(=O)NCC(=O)NCC(O)c1cc(Cl)cc(Cl)c1. The average Bonchev–Trinajstić information content (AvgIpc) is 2.40. The quantitative estimate of drug-likeness (QED) is 0.602. The van der Waals surface area contributed by atoms with Crippen molar-refractivity contribution in [3.63, 3.8) is 0 Å². The van der Waals surface area contributed by atoms with E-state index in [9.17, 15) is 14.7 Å². The van der Waals surface area contributed by atoms with E-state index in [4.69, 9.17) is 28.9 Å². The largest absolute Gasteiger partial charge is 0.387 e. The van der Waals surface area contributed by atoms with E-state index in [2.05, 4.69) is 10.6 Å². The van der Waals surface area contributed by atoms with Crippen LogP contribution in [0.1, 0.15) is 11.7 Å². The summed E-state index contributed by atoms with van der Waals surface area (Å²) in [6.07, 6.45) is -0.944. The summed E-state index contributed by atoms with van der Waals surface area (Å²) >= 11 is 11.6. The fourth-order valence-electron chi connectivity index (χ4n) is 1.41. The van der Waals surface area contributed by atoms with Crippen molar-refractivity contribution >= 4 is 35.0 Å². The second-order valence-corrected chi connectivity index (χ2v) is 4.88.